The molecule has 0 radical (unpaired) electrons. The lowest BCUT2D eigenvalue weighted by molar-refractivity contribution is -0.424. The SMILES string of the molecule is CCN1CCC(C[C@@H]2COC(=O)C(C)(C)C(=O)[C@H](C)[C@H]3O[C@@H]4O[C@H](C)C[C@H](N(C)C)[C@H]4O[C@@]3(OC)C[C@@H](C)CN2CC)CC1. The van der Waals surface area contributed by atoms with Crippen LogP contribution < -0.4 is 0 Å². The maximum atomic E-state index is 14.2. The quantitative estimate of drug-likeness (QED) is 0.322. The fraction of sp³-hybridized carbons (Fsp3) is 0.941. The highest BCUT2D eigenvalue weighted by Crippen LogP contribution is 2.45. The molecule has 0 aromatic carbocycles. The van der Waals surface area contributed by atoms with E-state index < -0.39 is 35.5 Å². The van der Waals surface area contributed by atoms with E-state index in [1.165, 1.54) is 0 Å². The lowest BCUT2D eigenvalue weighted by Crippen LogP contribution is -2.69. The number of ketones is 1. The van der Waals surface area contributed by atoms with Gasteiger partial charge in [0.05, 0.1) is 6.10 Å². The molecule has 0 aliphatic carbocycles. The summed E-state index contributed by atoms with van der Waals surface area (Å²) in [6, 6.07) is 0.131. The first kappa shape index (κ1) is 35.7. The van der Waals surface area contributed by atoms with E-state index in [2.05, 4.69) is 35.5 Å². The largest absolute Gasteiger partial charge is 0.463 e. The van der Waals surface area contributed by atoms with E-state index >= 15 is 0 Å². The standard InChI is InChI=1S/C34H61N3O7/c1-11-36-15-13-25(14-16-36)18-26-21-41-32(39)33(6,7)29(38)24(5)30-34(40-10,19-22(3)20-37(26)12-2)44-28-27(35(8)9)17-23(4)42-31(28)43-30/h22-28,30-31H,11-21H2,1-10H3/t22-,23-,24+,26-,27+,28-,30-,31+,34+/m1/s1. The Balaban J connectivity index is 1.68. The molecule has 4 aliphatic rings. The molecule has 44 heavy (non-hydrogen) atoms. The maximum Gasteiger partial charge on any atom is 0.319 e. The molecule has 10 nitrogen and oxygen atoms in total. The van der Waals surface area contributed by atoms with Gasteiger partial charge in [-0.05, 0) is 98.6 Å². The summed E-state index contributed by atoms with van der Waals surface area (Å²) in [4.78, 5) is 35.0. The average Bonchev–Trinajstić information content (AvgIpc) is 3.00. The Labute approximate surface area is 266 Å². The Morgan fingerprint density at radius 2 is 1.70 bits per heavy atom. The van der Waals surface area contributed by atoms with Gasteiger partial charge in [0.2, 0.25) is 0 Å². The zero-order valence-electron chi connectivity index (χ0n) is 29.2. The van der Waals surface area contributed by atoms with Crippen LogP contribution in [-0.4, -0.2) is 129 Å². The molecule has 0 unspecified atom stereocenters. The van der Waals surface area contributed by atoms with Crippen molar-refractivity contribution in [1.29, 1.82) is 0 Å². The molecule has 9 atom stereocenters. The third kappa shape index (κ3) is 7.53. The summed E-state index contributed by atoms with van der Waals surface area (Å²) in [5.74, 6) is -1.90. The molecule has 0 spiro atoms. The molecule has 0 bridgehead atoms. The minimum atomic E-state index is -1.36. The number of carbonyl (C=O) groups excluding carboxylic acids is 2. The third-order valence-corrected chi connectivity index (χ3v) is 10.9. The van der Waals surface area contributed by atoms with Gasteiger partial charge in [0.15, 0.2) is 17.9 Å². The van der Waals surface area contributed by atoms with Crippen LogP contribution in [0.2, 0.25) is 0 Å². The minimum absolute atomic E-state index is 0.0299. The molecule has 0 saturated carbocycles. The second-order valence-corrected chi connectivity index (χ2v) is 14.8. The Morgan fingerprint density at radius 1 is 1.02 bits per heavy atom. The van der Waals surface area contributed by atoms with E-state index in [1.54, 1.807) is 21.0 Å². The van der Waals surface area contributed by atoms with Gasteiger partial charge in [0.1, 0.15) is 24.2 Å². The zero-order chi connectivity index (χ0) is 32.4. The van der Waals surface area contributed by atoms with Gasteiger partial charge < -0.3 is 33.5 Å². The summed E-state index contributed by atoms with van der Waals surface area (Å²) in [5.41, 5.74) is -1.36. The van der Waals surface area contributed by atoms with E-state index in [-0.39, 0.29) is 42.6 Å². The van der Waals surface area contributed by atoms with Crippen molar-refractivity contribution < 1.29 is 33.3 Å². The van der Waals surface area contributed by atoms with Gasteiger partial charge in [0.25, 0.3) is 0 Å². The fourth-order valence-electron chi connectivity index (χ4n) is 8.11. The summed E-state index contributed by atoms with van der Waals surface area (Å²) in [7, 11) is 5.75. The Kier molecular flexibility index (Phi) is 12.0. The monoisotopic (exact) mass is 623 g/mol. The van der Waals surface area contributed by atoms with Crippen molar-refractivity contribution in [1.82, 2.24) is 14.7 Å². The normalized spacial score (nSPS) is 40.3. The number of methoxy groups -OCH3 is 1. The Morgan fingerprint density at radius 3 is 2.30 bits per heavy atom. The molecule has 4 rings (SSSR count). The summed E-state index contributed by atoms with van der Waals surface area (Å²) in [6.45, 7) is 19.0. The summed E-state index contributed by atoms with van der Waals surface area (Å²) >= 11 is 0. The van der Waals surface area contributed by atoms with Crippen molar-refractivity contribution in [3.63, 3.8) is 0 Å². The van der Waals surface area contributed by atoms with Gasteiger partial charge in [-0.3, -0.25) is 14.5 Å². The van der Waals surface area contributed by atoms with Gasteiger partial charge in [-0.25, -0.2) is 0 Å². The molecule has 4 aliphatic heterocycles. The summed E-state index contributed by atoms with van der Waals surface area (Å²) in [5, 5.41) is 0. The number of esters is 1. The van der Waals surface area contributed by atoms with Gasteiger partial charge in [-0.2, -0.15) is 0 Å². The summed E-state index contributed by atoms with van der Waals surface area (Å²) in [6.07, 6.45) is 2.79. The van der Waals surface area contributed by atoms with Crippen LogP contribution in [0.4, 0.5) is 0 Å². The van der Waals surface area contributed by atoms with Crippen LogP contribution in [0.1, 0.15) is 80.6 Å². The maximum absolute atomic E-state index is 14.2. The molecule has 4 heterocycles. The minimum Gasteiger partial charge on any atom is -0.463 e. The number of likely N-dealkylation sites (tertiary alicyclic amines) is 1. The number of nitrogens with zero attached hydrogens (tertiary/aromatic N) is 3. The summed E-state index contributed by atoms with van der Waals surface area (Å²) < 4.78 is 32.4. The van der Waals surface area contributed by atoms with Crippen LogP contribution in [0, 0.1) is 23.2 Å². The van der Waals surface area contributed by atoms with Crippen LogP contribution in [-0.2, 0) is 33.3 Å². The second-order valence-electron chi connectivity index (χ2n) is 14.8. The van der Waals surface area contributed by atoms with Crippen molar-refractivity contribution in [2.75, 3.05) is 60.5 Å². The van der Waals surface area contributed by atoms with E-state index in [9.17, 15) is 9.59 Å². The van der Waals surface area contributed by atoms with Crippen LogP contribution in [0.5, 0.6) is 0 Å². The van der Waals surface area contributed by atoms with Crippen molar-refractivity contribution in [2.45, 2.75) is 123 Å². The molecular formula is C34H61N3O7. The van der Waals surface area contributed by atoms with Crippen LogP contribution >= 0.6 is 0 Å². The molecule has 10 heteroatoms. The number of Topliss-reactive ketones (excluding diaryl/α,β-unsaturated/α-hetero) is 1. The van der Waals surface area contributed by atoms with Crippen molar-refractivity contribution in [3.8, 4) is 0 Å². The first-order chi connectivity index (χ1) is 20.8. The van der Waals surface area contributed by atoms with Gasteiger partial charge in [-0.15, -0.1) is 0 Å². The van der Waals surface area contributed by atoms with E-state index in [4.69, 9.17) is 23.7 Å². The van der Waals surface area contributed by atoms with Crippen molar-refractivity contribution in [2.24, 2.45) is 23.2 Å². The number of hydrogen-bond acceptors (Lipinski definition) is 10. The number of piperidine rings is 1. The number of hydrogen-bond donors (Lipinski definition) is 0. The van der Waals surface area contributed by atoms with Gasteiger partial charge in [0, 0.05) is 38.1 Å². The molecule has 4 saturated heterocycles. The smallest absolute Gasteiger partial charge is 0.319 e. The van der Waals surface area contributed by atoms with Gasteiger partial charge >= 0.3 is 5.97 Å². The number of carbonyl (C=O) groups is 2. The number of ether oxygens (including phenoxy) is 5. The zero-order valence-corrected chi connectivity index (χ0v) is 29.2. The van der Waals surface area contributed by atoms with Crippen LogP contribution in [0.15, 0.2) is 0 Å². The Bertz CT molecular complexity index is 971. The molecule has 0 aromatic rings. The molecule has 254 valence electrons. The predicted molar refractivity (Wildman–Crippen MR) is 169 cm³/mol. The van der Waals surface area contributed by atoms with Gasteiger partial charge in [-0.1, -0.05) is 27.7 Å². The number of likely N-dealkylation sites (N-methyl/N-ethyl adjacent to an activating group) is 2. The predicted octanol–water partition coefficient (Wildman–Crippen LogP) is 3.81. The molecule has 0 amide bonds. The van der Waals surface area contributed by atoms with E-state index in [0.29, 0.717) is 12.3 Å². The first-order valence-electron chi connectivity index (χ1n) is 17.1. The van der Waals surface area contributed by atoms with E-state index in [1.807, 2.05) is 27.9 Å². The Hall–Kier alpha value is -1.14. The highest BCUT2D eigenvalue weighted by atomic mass is 16.8. The highest BCUT2D eigenvalue weighted by Gasteiger charge is 2.59. The highest BCUT2D eigenvalue weighted by molar-refractivity contribution is 6.04. The number of rotatable bonds is 6. The number of fused-ring (bicyclic) bond motifs is 2. The topological polar surface area (TPSA) is 90.0 Å². The van der Waals surface area contributed by atoms with Crippen molar-refractivity contribution >= 4 is 11.8 Å². The molecular weight excluding hydrogens is 562 g/mol. The molecule has 0 N–H and O–H groups in total. The van der Waals surface area contributed by atoms with Crippen LogP contribution in [0.3, 0.4) is 0 Å². The van der Waals surface area contributed by atoms with E-state index in [0.717, 1.165) is 58.4 Å². The lowest BCUT2D eigenvalue weighted by Gasteiger charge is -2.55. The molecule has 4 fully saturated rings. The lowest BCUT2D eigenvalue weighted by atomic mass is 9.76. The number of cyclic esters (lactones) is 1. The van der Waals surface area contributed by atoms with Crippen LogP contribution in [0.25, 0.3) is 0 Å². The first-order valence-corrected chi connectivity index (χ1v) is 17.1. The second kappa shape index (κ2) is 14.7. The fourth-order valence-corrected chi connectivity index (χ4v) is 8.11. The average molecular weight is 624 g/mol. The van der Waals surface area contributed by atoms with Crippen molar-refractivity contribution in [3.05, 3.63) is 0 Å². The third-order valence-electron chi connectivity index (χ3n) is 10.9. The molecule has 0 aromatic heterocycles.